The average Bonchev–Trinajstić information content (AvgIpc) is 2.94. The summed E-state index contributed by atoms with van der Waals surface area (Å²) in [7, 11) is 1.80. The minimum Gasteiger partial charge on any atom is -0.356 e. The van der Waals surface area contributed by atoms with Gasteiger partial charge in [0.1, 0.15) is 0 Å². The summed E-state index contributed by atoms with van der Waals surface area (Å²) >= 11 is 0. The van der Waals surface area contributed by atoms with Crippen molar-refractivity contribution >= 4 is 17.8 Å². The molecule has 7 nitrogen and oxygen atoms in total. The molecule has 0 fully saturated rings. The highest BCUT2D eigenvalue weighted by Crippen LogP contribution is 2.26. The number of aromatic nitrogens is 2. The molecule has 0 radical (unpaired) electrons. The molecule has 2 rings (SSSR count). The van der Waals surface area contributed by atoms with E-state index in [0.29, 0.717) is 12.4 Å². The first-order chi connectivity index (χ1) is 11.6. The molecule has 128 valence electrons. The van der Waals surface area contributed by atoms with Crippen LogP contribution in [0.4, 0.5) is 10.6 Å². The molecule has 0 aliphatic carbocycles. The lowest BCUT2D eigenvalue weighted by Crippen LogP contribution is -2.33. The van der Waals surface area contributed by atoms with Gasteiger partial charge in [-0.15, -0.1) is 0 Å². The minimum absolute atomic E-state index is 0.0695. The summed E-state index contributed by atoms with van der Waals surface area (Å²) in [6.07, 6.45) is 2.99. The highest BCUT2D eigenvalue weighted by Gasteiger charge is 2.12. The van der Waals surface area contributed by atoms with Gasteiger partial charge in [-0.25, -0.2) is 4.79 Å². The van der Waals surface area contributed by atoms with E-state index < -0.39 is 0 Å². The van der Waals surface area contributed by atoms with E-state index in [1.54, 1.807) is 11.7 Å². The van der Waals surface area contributed by atoms with E-state index in [2.05, 4.69) is 21.0 Å². The first-order valence-corrected chi connectivity index (χ1v) is 8.00. The van der Waals surface area contributed by atoms with Crippen molar-refractivity contribution in [1.82, 2.24) is 20.4 Å². The van der Waals surface area contributed by atoms with Crippen LogP contribution in [0.25, 0.3) is 11.1 Å². The smallest absolute Gasteiger partial charge is 0.320 e. The maximum Gasteiger partial charge on any atom is 0.320 e. The number of amides is 3. The molecule has 0 bridgehead atoms. The van der Waals surface area contributed by atoms with Crippen molar-refractivity contribution in [3.05, 3.63) is 36.5 Å². The number of carbonyl (C=O) groups excluding carboxylic acids is 2. The number of hydrogen-bond donors (Lipinski definition) is 3. The Bertz CT molecular complexity index is 682. The first kappa shape index (κ1) is 17.5. The van der Waals surface area contributed by atoms with Crippen molar-refractivity contribution in [2.24, 2.45) is 7.05 Å². The normalized spacial score (nSPS) is 10.2. The zero-order valence-corrected chi connectivity index (χ0v) is 14.0. The summed E-state index contributed by atoms with van der Waals surface area (Å²) in [5.41, 5.74) is 1.81. The molecule has 0 aliphatic heterocycles. The lowest BCUT2D eigenvalue weighted by molar-refractivity contribution is -0.120. The Morgan fingerprint density at radius 1 is 1.12 bits per heavy atom. The lowest BCUT2D eigenvalue weighted by atomic mass is 10.1. The van der Waals surface area contributed by atoms with Gasteiger partial charge in [0.05, 0.1) is 0 Å². The molecule has 0 saturated heterocycles. The topological polar surface area (TPSA) is 88.1 Å². The summed E-state index contributed by atoms with van der Waals surface area (Å²) in [5, 5.41) is 12.4. The van der Waals surface area contributed by atoms with Gasteiger partial charge >= 0.3 is 6.03 Å². The van der Waals surface area contributed by atoms with Gasteiger partial charge in [-0.2, -0.15) is 5.10 Å². The highest BCUT2D eigenvalue weighted by molar-refractivity contribution is 5.93. The second-order valence-electron chi connectivity index (χ2n) is 5.41. The van der Waals surface area contributed by atoms with Crippen LogP contribution in [0, 0.1) is 0 Å². The quantitative estimate of drug-likeness (QED) is 0.727. The highest BCUT2D eigenvalue weighted by atomic mass is 16.2. The SMILES string of the molecule is CCCNC(=O)CCNC(=O)Nc1nn(C)cc1-c1ccccc1. The Kier molecular flexibility index (Phi) is 6.36. The van der Waals surface area contributed by atoms with Crippen molar-refractivity contribution in [3.63, 3.8) is 0 Å². The molecule has 0 saturated carbocycles. The average molecular weight is 329 g/mol. The molecule has 1 aromatic carbocycles. The molecule has 0 unspecified atom stereocenters. The first-order valence-electron chi connectivity index (χ1n) is 8.00. The van der Waals surface area contributed by atoms with E-state index in [0.717, 1.165) is 17.5 Å². The van der Waals surface area contributed by atoms with Crippen molar-refractivity contribution in [1.29, 1.82) is 0 Å². The largest absolute Gasteiger partial charge is 0.356 e. The number of benzene rings is 1. The molecular formula is C17H23N5O2. The number of nitrogens with zero attached hydrogens (tertiary/aromatic N) is 2. The Labute approximate surface area is 141 Å². The van der Waals surface area contributed by atoms with Gasteiger partial charge in [0.25, 0.3) is 0 Å². The van der Waals surface area contributed by atoms with Crippen molar-refractivity contribution in [2.75, 3.05) is 18.4 Å². The van der Waals surface area contributed by atoms with Crippen LogP contribution in [0.5, 0.6) is 0 Å². The van der Waals surface area contributed by atoms with Crippen LogP contribution in [0.2, 0.25) is 0 Å². The molecular weight excluding hydrogens is 306 g/mol. The third-order valence-corrected chi connectivity index (χ3v) is 3.36. The Balaban J connectivity index is 1.89. The summed E-state index contributed by atoms with van der Waals surface area (Å²) in [5.74, 6) is 0.414. The van der Waals surface area contributed by atoms with Crippen LogP contribution < -0.4 is 16.0 Å². The predicted molar refractivity (Wildman–Crippen MR) is 93.6 cm³/mol. The van der Waals surface area contributed by atoms with Gasteiger partial charge in [0.2, 0.25) is 5.91 Å². The second kappa shape index (κ2) is 8.71. The lowest BCUT2D eigenvalue weighted by Gasteiger charge is -2.08. The van der Waals surface area contributed by atoms with E-state index in [1.807, 2.05) is 43.5 Å². The van der Waals surface area contributed by atoms with E-state index in [-0.39, 0.29) is 24.9 Å². The van der Waals surface area contributed by atoms with Crippen molar-refractivity contribution in [3.8, 4) is 11.1 Å². The van der Waals surface area contributed by atoms with Gasteiger partial charge in [0.15, 0.2) is 5.82 Å². The minimum atomic E-state index is -0.380. The molecule has 24 heavy (non-hydrogen) atoms. The molecule has 0 aliphatic rings. The van der Waals surface area contributed by atoms with Crippen LogP contribution >= 0.6 is 0 Å². The van der Waals surface area contributed by atoms with Crippen LogP contribution in [0.1, 0.15) is 19.8 Å². The maximum atomic E-state index is 12.0. The summed E-state index contributed by atoms with van der Waals surface area (Å²) in [4.78, 5) is 23.5. The number of carbonyl (C=O) groups is 2. The number of anilines is 1. The second-order valence-corrected chi connectivity index (χ2v) is 5.41. The maximum absolute atomic E-state index is 12.0. The third-order valence-electron chi connectivity index (χ3n) is 3.36. The predicted octanol–water partition coefficient (Wildman–Crippen LogP) is 2.12. The molecule has 0 atom stereocenters. The monoisotopic (exact) mass is 329 g/mol. The number of urea groups is 1. The van der Waals surface area contributed by atoms with Gasteiger partial charge in [-0.05, 0) is 12.0 Å². The molecule has 2 aromatic rings. The van der Waals surface area contributed by atoms with Crippen LogP contribution in [0.15, 0.2) is 36.5 Å². The van der Waals surface area contributed by atoms with Gasteiger partial charge in [0, 0.05) is 38.3 Å². The molecule has 1 heterocycles. The summed E-state index contributed by atoms with van der Waals surface area (Å²) in [6, 6.07) is 9.33. The standard InChI is InChI=1S/C17H23N5O2/c1-3-10-18-15(23)9-11-19-17(24)20-16-14(12-22(2)21-16)13-7-5-4-6-8-13/h4-8,12H,3,9-11H2,1-2H3,(H,18,23)(H2,19,20,21,24). The summed E-state index contributed by atoms with van der Waals surface area (Å²) < 4.78 is 1.65. The van der Waals surface area contributed by atoms with Crippen molar-refractivity contribution < 1.29 is 9.59 Å². The zero-order chi connectivity index (χ0) is 17.4. The Hall–Kier alpha value is -2.83. The van der Waals surface area contributed by atoms with Gasteiger partial charge in [-0.3, -0.25) is 14.8 Å². The fraction of sp³-hybridized carbons (Fsp3) is 0.353. The number of rotatable bonds is 7. The fourth-order valence-corrected chi connectivity index (χ4v) is 2.20. The molecule has 7 heteroatoms. The van der Waals surface area contributed by atoms with Crippen LogP contribution in [0.3, 0.4) is 0 Å². The number of hydrogen-bond acceptors (Lipinski definition) is 3. The van der Waals surface area contributed by atoms with Gasteiger partial charge < -0.3 is 10.6 Å². The van der Waals surface area contributed by atoms with Gasteiger partial charge in [-0.1, -0.05) is 37.3 Å². The van der Waals surface area contributed by atoms with Crippen LogP contribution in [-0.4, -0.2) is 34.8 Å². The zero-order valence-electron chi connectivity index (χ0n) is 14.0. The molecule has 3 N–H and O–H groups in total. The molecule has 0 spiro atoms. The van der Waals surface area contributed by atoms with E-state index in [9.17, 15) is 9.59 Å². The summed E-state index contributed by atoms with van der Waals surface area (Å²) in [6.45, 7) is 2.91. The number of nitrogens with one attached hydrogen (secondary N) is 3. The van der Waals surface area contributed by atoms with E-state index in [1.165, 1.54) is 0 Å². The van der Waals surface area contributed by atoms with Crippen LogP contribution in [-0.2, 0) is 11.8 Å². The third kappa shape index (κ3) is 5.12. The van der Waals surface area contributed by atoms with E-state index in [4.69, 9.17) is 0 Å². The number of aryl methyl sites for hydroxylation is 1. The fourth-order valence-electron chi connectivity index (χ4n) is 2.20. The van der Waals surface area contributed by atoms with Crippen molar-refractivity contribution in [2.45, 2.75) is 19.8 Å². The van der Waals surface area contributed by atoms with E-state index >= 15 is 0 Å². The Morgan fingerprint density at radius 3 is 2.58 bits per heavy atom. The Morgan fingerprint density at radius 2 is 1.88 bits per heavy atom. The molecule has 3 amide bonds. The molecule has 1 aromatic heterocycles.